The average Bonchev–Trinajstić information content (AvgIpc) is 3.09. The van der Waals surface area contributed by atoms with Crippen LogP contribution in [-0.2, 0) is 71.2 Å². The molecule has 0 rings (SSSR count). The highest BCUT2D eigenvalue weighted by atomic mass is 16.6. The van der Waals surface area contributed by atoms with Gasteiger partial charge in [-0.25, -0.2) is 0 Å². The summed E-state index contributed by atoms with van der Waals surface area (Å²) in [5.74, 6) is -0.120. The van der Waals surface area contributed by atoms with E-state index in [1.807, 2.05) is 0 Å². The van der Waals surface area contributed by atoms with Crippen molar-refractivity contribution in [2.24, 2.45) is 0 Å². The summed E-state index contributed by atoms with van der Waals surface area (Å²) in [5.41, 5.74) is 0. The zero-order valence-electron chi connectivity index (χ0n) is 29.9. The Balaban J connectivity index is 3.08. The van der Waals surface area contributed by atoms with Crippen LogP contribution in [0.2, 0.25) is 0 Å². The van der Waals surface area contributed by atoms with Crippen molar-refractivity contribution in [3.05, 3.63) is 0 Å². The van der Waals surface area contributed by atoms with Gasteiger partial charge in [-0.15, -0.1) is 0 Å². The van der Waals surface area contributed by atoms with Gasteiger partial charge in [0.05, 0.1) is 165 Å². The highest BCUT2D eigenvalue weighted by Crippen LogP contribution is 1.88. The summed E-state index contributed by atoms with van der Waals surface area (Å²) in [4.78, 5) is 22.2. The van der Waals surface area contributed by atoms with E-state index in [2.05, 4.69) is 10.6 Å². The highest BCUT2D eigenvalue weighted by molar-refractivity contribution is 5.75. The zero-order valence-corrected chi connectivity index (χ0v) is 29.9. The van der Waals surface area contributed by atoms with E-state index in [1.54, 1.807) is 7.11 Å². The van der Waals surface area contributed by atoms with Gasteiger partial charge in [0, 0.05) is 33.5 Å². The van der Waals surface area contributed by atoms with Crippen LogP contribution in [0.15, 0.2) is 0 Å². The smallest absolute Gasteiger partial charge is 0.222 e. The van der Waals surface area contributed by atoms with Gasteiger partial charge in [-0.05, 0) is 0 Å². The van der Waals surface area contributed by atoms with Crippen LogP contribution in [0.1, 0.15) is 13.3 Å². The molecule has 17 heteroatoms. The normalized spacial score (nSPS) is 11.3. The lowest BCUT2D eigenvalue weighted by molar-refractivity contribution is -0.122. The summed E-state index contributed by atoms with van der Waals surface area (Å²) in [6.45, 7) is 14.4. The van der Waals surface area contributed by atoms with Crippen molar-refractivity contribution < 1.29 is 71.2 Å². The van der Waals surface area contributed by atoms with Crippen LogP contribution in [0.4, 0.5) is 0 Å². The fourth-order valence-corrected chi connectivity index (χ4v) is 3.37. The highest BCUT2D eigenvalue weighted by Gasteiger charge is 2.01. The molecule has 0 aliphatic rings. The molecule has 2 amide bonds. The van der Waals surface area contributed by atoms with E-state index in [1.165, 1.54) is 6.92 Å². The van der Waals surface area contributed by atoms with E-state index in [0.29, 0.717) is 185 Å². The molecule has 0 saturated carbocycles. The Hall–Kier alpha value is -1.58. The largest absolute Gasteiger partial charge is 0.383 e. The van der Waals surface area contributed by atoms with Crippen molar-refractivity contribution in [1.29, 1.82) is 0 Å². The summed E-state index contributed by atoms with van der Waals surface area (Å²) < 4.78 is 70.0. The number of carbonyl (C=O) groups excluding carboxylic acids is 2. The second-order valence-corrected chi connectivity index (χ2v) is 9.92. The van der Waals surface area contributed by atoms with Gasteiger partial charge in [0.2, 0.25) is 11.8 Å². The maximum absolute atomic E-state index is 11.5. The molecule has 0 aromatic carbocycles. The van der Waals surface area contributed by atoms with Crippen molar-refractivity contribution >= 4 is 11.8 Å². The number of nitrogens with one attached hydrogen (secondary N) is 2. The van der Waals surface area contributed by atoms with Crippen LogP contribution in [0.5, 0.6) is 0 Å². The van der Waals surface area contributed by atoms with Gasteiger partial charge >= 0.3 is 0 Å². The van der Waals surface area contributed by atoms with Crippen LogP contribution in [0, 0.1) is 0 Å². The number of rotatable bonds is 42. The molecule has 0 aliphatic heterocycles. The molecule has 0 radical (unpaired) electrons. The third-order valence-corrected chi connectivity index (χ3v) is 5.81. The summed E-state index contributed by atoms with van der Waals surface area (Å²) in [5, 5.41) is 5.39. The maximum atomic E-state index is 11.5. The van der Waals surface area contributed by atoms with Crippen LogP contribution < -0.4 is 10.6 Å². The topological polar surface area (TPSA) is 178 Å². The van der Waals surface area contributed by atoms with Crippen LogP contribution >= 0.6 is 0 Å². The Morgan fingerprint density at radius 1 is 0.347 bits per heavy atom. The fraction of sp³-hybridized carbons (Fsp3) is 0.938. The molecule has 292 valence electrons. The number of methoxy groups -OCH3 is 1. The Kier molecular flexibility index (Phi) is 41.2. The van der Waals surface area contributed by atoms with Gasteiger partial charge in [-0.3, -0.25) is 9.59 Å². The van der Waals surface area contributed by atoms with Crippen molar-refractivity contribution in [3.63, 3.8) is 0 Å². The average molecular weight is 717 g/mol. The molecular formula is C32H64N2O15. The zero-order chi connectivity index (χ0) is 35.6. The number of hydrogen-bond donors (Lipinski definition) is 2. The molecule has 17 nitrogen and oxygen atoms in total. The van der Waals surface area contributed by atoms with E-state index in [0.717, 1.165) is 0 Å². The molecule has 0 bridgehead atoms. The van der Waals surface area contributed by atoms with Gasteiger partial charge in [-0.1, -0.05) is 0 Å². The molecule has 0 aromatic heterocycles. The molecule has 0 saturated heterocycles. The minimum Gasteiger partial charge on any atom is -0.383 e. The predicted octanol–water partition coefficient (Wildman–Crippen LogP) is -0.526. The molecule has 0 aliphatic carbocycles. The number of amides is 2. The second kappa shape index (κ2) is 42.6. The van der Waals surface area contributed by atoms with Crippen LogP contribution in [0.25, 0.3) is 0 Å². The minimum absolute atomic E-state index is 0.0553. The summed E-state index contributed by atoms with van der Waals surface area (Å²) in [7, 11) is 1.59. The number of carbonyl (C=O) groups is 2. The first-order valence-corrected chi connectivity index (χ1v) is 17.1. The molecule has 0 fully saturated rings. The van der Waals surface area contributed by atoms with Gasteiger partial charge in [-0.2, -0.15) is 0 Å². The van der Waals surface area contributed by atoms with Crippen molar-refractivity contribution in [3.8, 4) is 0 Å². The molecule has 49 heavy (non-hydrogen) atoms. The Labute approximate surface area is 292 Å². The Morgan fingerprint density at radius 3 is 0.857 bits per heavy atom. The number of ether oxygens (including phenoxy) is 13. The fourth-order valence-electron chi connectivity index (χ4n) is 3.37. The molecule has 0 heterocycles. The van der Waals surface area contributed by atoms with E-state index in [4.69, 9.17) is 61.6 Å². The van der Waals surface area contributed by atoms with E-state index >= 15 is 0 Å². The molecule has 2 N–H and O–H groups in total. The van der Waals surface area contributed by atoms with E-state index in [9.17, 15) is 9.59 Å². The molecule has 0 spiro atoms. The summed E-state index contributed by atoms with van der Waals surface area (Å²) in [6.07, 6.45) is 0.318. The number of hydrogen-bond acceptors (Lipinski definition) is 15. The third-order valence-electron chi connectivity index (χ3n) is 5.81. The Bertz CT molecular complexity index is 682. The van der Waals surface area contributed by atoms with Gasteiger partial charge in [0.15, 0.2) is 0 Å². The second-order valence-electron chi connectivity index (χ2n) is 9.92. The lowest BCUT2D eigenvalue weighted by atomic mass is 10.4. The Morgan fingerprint density at radius 2 is 0.592 bits per heavy atom. The monoisotopic (exact) mass is 716 g/mol. The quantitative estimate of drug-likeness (QED) is 0.0771. The van der Waals surface area contributed by atoms with Crippen LogP contribution in [-0.4, -0.2) is 197 Å². The van der Waals surface area contributed by atoms with E-state index in [-0.39, 0.29) is 11.8 Å². The summed E-state index contributed by atoms with van der Waals surface area (Å²) >= 11 is 0. The SMILES string of the molecule is COCCNC(=O)CCOCCOCCOCCOCCOCCOCCOCCOCCOCCOCCOCCOCCNC(C)=O. The van der Waals surface area contributed by atoms with Crippen molar-refractivity contribution in [1.82, 2.24) is 10.6 Å². The first kappa shape index (κ1) is 47.4. The van der Waals surface area contributed by atoms with E-state index < -0.39 is 0 Å². The molecule has 0 unspecified atom stereocenters. The molecule has 0 aromatic rings. The first-order chi connectivity index (χ1) is 24.2. The van der Waals surface area contributed by atoms with Gasteiger partial charge < -0.3 is 72.2 Å². The van der Waals surface area contributed by atoms with Crippen molar-refractivity contribution in [2.45, 2.75) is 13.3 Å². The molecular weight excluding hydrogens is 652 g/mol. The molecule has 0 atom stereocenters. The van der Waals surface area contributed by atoms with Crippen LogP contribution in [0.3, 0.4) is 0 Å². The lowest BCUT2D eigenvalue weighted by Crippen LogP contribution is -2.27. The van der Waals surface area contributed by atoms with Gasteiger partial charge in [0.1, 0.15) is 0 Å². The standard InChI is InChI=1S/C32H64N2O15/c1-31(35)33-5-8-39-10-12-41-14-16-43-18-20-45-22-24-47-26-28-49-30-29-48-27-25-46-23-21-44-19-17-42-15-13-40-11-9-38-6-3-32(36)34-4-7-37-2/h3-30H2,1-2H3,(H,33,35)(H,34,36). The first-order valence-electron chi connectivity index (χ1n) is 17.1. The summed E-state index contributed by atoms with van der Waals surface area (Å²) in [6, 6.07) is 0. The maximum Gasteiger partial charge on any atom is 0.222 e. The lowest BCUT2D eigenvalue weighted by Gasteiger charge is -2.09. The third kappa shape index (κ3) is 44.4. The minimum atomic E-state index is -0.0650. The van der Waals surface area contributed by atoms with Gasteiger partial charge in [0.25, 0.3) is 0 Å². The van der Waals surface area contributed by atoms with Crippen molar-refractivity contribution in [2.75, 3.05) is 185 Å². The predicted molar refractivity (Wildman–Crippen MR) is 178 cm³/mol.